The van der Waals surface area contributed by atoms with Crippen molar-refractivity contribution in [3.63, 3.8) is 0 Å². The van der Waals surface area contributed by atoms with Crippen molar-refractivity contribution in [2.45, 2.75) is 12.5 Å². The third-order valence-corrected chi connectivity index (χ3v) is 3.13. The maximum absolute atomic E-state index is 11.6. The van der Waals surface area contributed by atoms with Crippen LogP contribution in [0.4, 0.5) is 4.79 Å². The van der Waals surface area contributed by atoms with E-state index in [2.05, 4.69) is 15.6 Å². The molecule has 0 aliphatic carbocycles. The first kappa shape index (κ1) is 14.9. The summed E-state index contributed by atoms with van der Waals surface area (Å²) < 4.78 is 0. The molecule has 0 bridgehead atoms. The number of nitrogens with two attached hydrogens (primary N) is 1. The average Bonchev–Trinajstić information content (AvgIpc) is 2.87. The summed E-state index contributed by atoms with van der Waals surface area (Å²) in [6.45, 7) is 0.596. The number of carbonyl (C=O) groups is 2. The SMILES string of the molecule is NCCNC(=O)N[C@@H](Cc1c[nH]c2ccccc12)C(=O)O. The fraction of sp³-hybridized carbons (Fsp3) is 0.286. The zero-order chi connectivity index (χ0) is 15.2. The number of nitrogens with one attached hydrogen (secondary N) is 3. The van der Waals surface area contributed by atoms with Crippen molar-refractivity contribution < 1.29 is 14.7 Å². The van der Waals surface area contributed by atoms with E-state index in [1.165, 1.54) is 0 Å². The molecule has 0 unspecified atom stereocenters. The molecule has 2 aromatic rings. The first-order valence-corrected chi connectivity index (χ1v) is 6.64. The number of H-pyrrole nitrogens is 1. The normalized spacial score (nSPS) is 12.0. The number of para-hydroxylation sites is 1. The van der Waals surface area contributed by atoms with E-state index in [9.17, 15) is 14.7 Å². The Labute approximate surface area is 121 Å². The van der Waals surface area contributed by atoms with Crippen molar-refractivity contribution in [1.29, 1.82) is 0 Å². The largest absolute Gasteiger partial charge is 0.480 e. The number of fused-ring (bicyclic) bond motifs is 1. The van der Waals surface area contributed by atoms with E-state index in [1.807, 2.05) is 24.3 Å². The number of rotatable bonds is 6. The van der Waals surface area contributed by atoms with Crippen molar-refractivity contribution in [3.05, 3.63) is 36.0 Å². The molecule has 6 N–H and O–H groups in total. The summed E-state index contributed by atoms with van der Waals surface area (Å²) in [7, 11) is 0. The Morgan fingerprint density at radius 2 is 2.10 bits per heavy atom. The molecule has 0 aliphatic rings. The van der Waals surface area contributed by atoms with Crippen LogP contribution < -0.4 is 16.4 Å². The van der Waals surface area contributed by atoms with Gasteiger partial charge in [0.1, 0.15) is 6.04 Å². The second kappa shape index (κ2) is 6.76. The van der Waals surface area contributed by atoms with Crippen LogP contribution in [0, 0.1) is 0 Å². The number of hydrogen-bond acceptors (Lipinski definition) is 3. The molecule has 0 radical (unpaired) electrons. The molecular formula is C14H18N4O3. The van der Waals surface area contributed by atoms with Crippen molar-refractivity contribution in [1.82, 2.24) is 15.6 Å². The minimum atomic E-state index is -1.08. The zero-order valence-electron chi connectivity index (χ0n) is 11.4. The quantitative estimate of drug-likeness (QED) is 0.529. The summed E-state index contributed by atoms with van der Waals surface area (Å²) in [5.41, 5.74) is 7.06. The number of aromatic nitrogens is 1. The Bertz CT molecular complexity index is 638. The predicted molar refractivity (Wildman–Crippen MR) is 79.0 cm³/mol. The van der Waals surface area contributed by atoms with Crippen LogP contribution in [-0.2, 0) is 11.2 Å². The Kier molecular flexibility index (Phi) is 4.78. The maximum Gasteiger partial charge on any atom is 0.326 e. The Hall–Kier alpha value is -2.54. The molecule has 21 heavy (non-hydrogen) atoms. The van der Waals surface area contributed by atoms with Gasteiger partial charge in [-0.05, 0) is 11.6 Å². The summed E-state index contributed by atoms with van der Waals surface area (Å²) in [6, 6.07) is 6.08. The van der Waals surface area contributed by atoms with Gasteiger partial charge in [0.2, 0.25) is 0 Å². The number of amides is 2. The Morgan fingerprint density at radius 3 is 2.81 bits per heavy atom. The molecule has 1 atom stereocenters. The van der Waals surface area contributed by atoms with E-state index < -0.39 is 18.0 Å². The van der Waals surface area contributed by atoms with Crippen LogP contribution in [-0.4, -0.2) is 41.2 Å². The van der Waals surface area contributed by atoms with Gasteiger partial charge in [-0.15, -0.1) is 0 Å². The molecule has 0 saturated carbocycles. The van der Waals surface area contributed by atoms with Crippen LogP contribution >= 0.6 is 0 Å². The number of benzene rings is 1. The van der Waals surface area contributed by atoms with Gasteiger partial charge in [-0.2, -0.15) is 0 Å². The molecule has 7 nitrogen and oxygen atoms in total. The van der Waals surface area contributed by atoms with Gasteiger partial charge >= 0.3 is 12.0 Å². The summed E-state index contributed by atoms with van der Waals surface area (Å²) in [4.78, 5) is 25.9. The second-order valence-corrected chi connectivity index (χ2v) is 4.64. The van der Waals surface area contributed by atoms with Crippen molar-refractivity contribution in [2.75, 3.05) is 13.1 Å². The summed E-state index contributed by atoms with van der Waals surface area (Å²) in [6.07, 6.45) is 1.97. The monoisotopic (exact) mass is 290 g/mol. The summed E-state index contributed by atoms with van der Waals surface area (Å²) >= 11 is 0. The fourth-order valence-corrected chi connectivity index (χ4v) is 2.12. The highest BCUT2D eigenvalue weighted by molar-refractivity contribution is 5.86. The number of aliphatic carboxylic acids is 1. The van der Waals surface area contributed by atoms with Gasteiger partial charge in [-0.3, -0.25) is 0 Å². The van der Waals surface area contributed by atoms with Gasteiger partial charge < -0.3 is 26.5 Å². The lowest BCUT2D eigenvalue weighted by molar-refractivity contribution is -0.139. The molecule has 0 fully saturated rings. The third-order valence-electron chi connectivity index (χ3n) is 3.13. The van der Waals surface area contributed by atoms with Crippen LogP contribution in [0.3, 0.4) is 0 Å². The molecule has 7 heteroatoms. The topological polar surface area (TPSA) is 120 Å². The van der Waals surface area contributed by atoms with Crippen LogP contribution in [0.5, 0.6) is 0 Å². The Balaban J connectivity index is 2.09. The molecule has 2 amide bonds. The first-order valence-electron chi connectivity index (χ1n) is 6.64. The number of hydrogen-bond donors (Lipinski definition) is 5. The number of carbonyl (C=O) groups excluding carboxylic acids is 1. The van der Waals surface area contributed by atoms with Crippen molar-refractivity contribution in [2.24, 2.45) is 5.73 Å². The fourth-order valence-electron chi connectivity index (χ4n) is 2.12. The predicted octanol–water partition coefficient (Wildman–Crippen LogP) is 0.422. The highest BCUT2D eigenvalue weighted by atomic mass is 16.4. The lowest BCUT2D eigenvalue weighted by atomic mass is 10.1. The van der Waals surface area contributed by atoms with Crippen LogP contribution in [0.1, 0.15) is 5.56 Å². The molecule has 2 rings (SSSR count). The lowest BCUT2D eigenvalue weighted by Gasteiger charge is -2.14. The van der Waals surface area contributed by atoms with E-state index in [1.54, 1.807) is 6.20 Å². The first-order chi connectivity index (χ1) is 10.1. The van der Waals surface area contributed by atoms with Crippen LogP contribution in [0.2, 0.25) is 0 Å². The minimum absolute atomic E-state index is 0.204. The molecular weight excluding hydrogens is 272 g/mol. The molecule has 1 aromatic carbocycles. The highest BCUT2D eigenvalue weighted by Gasteiger charge is 2.21. The standard InChI is InChI=1S/C14H18N4O3/c15-5-6-16-14(21)18-12(13(19)20)7-9-8-17-11-4-2-1-3-10(9)11/h1-4,8,12,17H,5-7,15H2,(H,19,20)(H2,16,18,21)/t12-/m0/s1. The van der Waals surface area contributed by atoms with Crippen molar-refractivity contribution in [3.8, 4) is 0 Å². The van der Waals surface area contributed by atoms with Crippen LogP contribution in [0.15, 0.2) is 30.5 Å². The van der Waals surface area contributed by atoms with Gasteiger partial charge in [0, 0.05) is 36.6 Å². The van der Waals surface area contributed by atoms with E-state index in [-0.39, 0.29) is 6.42 Å². The van der Waals surface area contributed by atoms with E-state index in [4.69, 9.17) is 5.73 Å². The smallest absolute Gasteiger partial charge is 0.326 e. The highest BCUT2D eigenvalue weighted by Crippen LogP contribution is 2.19. The maximum atomic E-state index is 11.6. The van der Waals surface area contributed by atoms with E-state index in [0.717, 1.165) is 16.5 Å². The molecule has 1 heterocycles. The van der Waals surface area contributed by atoms with E-state index in [0.29, 0.717) is 13.1 Å². The van der Waals surface area contributed by atoms with E-state index >= 15 is 0 Å². The third kappa shape index (κ3) is 3.73. The molecule has 0 spiro atoms. The molecule has 0 saturated heterocycles. The number of urea groups is 1. The van der Waals surface area contributed by atoms with Gasteiger partial charge in [-0.25, -0.2) is 9.59 Å². The number of carboxylic acid groups (broad SMARTS) is 1. The van der Waals surface area contributed by atoms with Gasteiger partial charge in [0.05, 0.1) is 0 Å². The Morgan fingerprint density at radius 1 is 1.33 bits per heavy atom. The van der Waals surface area contributed by atoms with Crippen LogP contribution in [0.25, 0.3) is 10.9 Å². The summed E-state index contributed by atoms with van der Waals surface area (Å²) in [5.74, 6) is -1.08. The second-order valence-electron chi connectivity index (χ2n) is 4.64. The minimum Gasteiger partial charge on any atom is -0.480 e. The molecule has 112 valence electrons. The van der Waals surface area contributed by atoms with Gasteiger partial charge in [0.15, 0.2) is 0 Å². The van der Waals surface area contributed by atoms with Gasteiger partial charge in [-0.1, -0.05) is 18.2 Å². The lowest BCUT2D eigenvalue weighted by Crippen LogP contribution is -2.48. The average molecular weight is 290 g/mol. The number of carboxylic acids is 1. The number of aromatic amines is 1. The zero-order valence-corrected chi connectivity index (χ0v) is 11.4. The molecule has 0 aliphatic heterocycles. The van der Waals surface area contributed by atoms with Crippen molar-refractivity contribution >= 4 is 22.9 Å². The van der Waals surface area contributed by atoms with Gasteiger partial charge in [0.25, 0.3) is 0 Å². The molecule has 1 aromatic heterocycles. The summed E-state index contributed by atoms with van der Waals surface area (Å²) in [5, 5.41) is 15.1.